The molecule has 1 saturated heterocycles. The molecule has 0 aliphatic carbocycles. The van der Waals surface area contributed by atoms with Gasteiger partial charge in [-0.15, -0.1) is 0 Å². The van der Waals surface area contributed by atoms with Gasteiger partial charge in [-0.05, 0) is 18.1 Å². The van der Waals surface area contributed by atoms with Crippen LogP contribution in [0.25, 0.3) is 0 Å². The Morgan fingerprint density at radius 3 is 2.65 bits per heavy atom. The number of aliphatic hydroxyl groups excluding tert-OH is 1. The highest BCUT2D eigenvalue weighted by molar-refractivity contribution is 5.75. The topological polar surface area (TPSA) is 52.6 Å². The molecule has 7 heteroatoms. The highest BCUT2D eigenvalue weighted by Crippen LogP contribution is 2.36. The Bertz CT molecular complexity index is 491. The normalized spacial score (nSPS) is 19.9. The van der Waals surface area contributed by atoms with Gasteiger partial charge >= 0.3 is 12.2 Å². The van der Waals surface area contributed by atoms with Crippen LogP contribution in [0, 0.1) is 0 Å². The Balaban J connectivity index is 2.20. The third-order valence-electron chi connectivity index (χ3n) is 3.28. The number of halogens is 3. The summed E-state index contributed by atoms with van der Waals surface area (Å²) in [6.07, 6.45) is -4.07. The van der Waals surface area contributed by atoms with E-state index in [0.717, 1.165) is 6.07 Å². The summed E-state index contributed by atoms with van der Waals surface area (Å²) >= 11 is 0. The lowest BCUT2D eigenvalue weighted by Crippen LogP contribution is -2.49. The molecule has 2 amide bonds. The Labute approximate surface area is 114 Å². The van der Waals surface area contributed by atoms with Crippen LogP contribution in [0.15, 0.2) is 24.3 Å². The first-order valence-electron chi connectivity index (χ1n) is 6.26. The molecule has 0 aromatic heterocycles. The zero-order valence-electron chi connectivity index (χ0n) is 10.7. The maximum absolute atomic E-state index is 12.9. The SMILES string of the molecule is O=C1NC(c2ccccc2C(F)(F)F)CCN1CCO. The molecule has 1 aliphatic rings. The van der Waals surface area contributed by atoms with E-state index in [2.05, 4.69) is 5.32 Å². The van der Waals surface area contributed by atoms with Crippen LogP contribution >= 0.6 is 0 Å². The largest absolute Gasteiger partial charge is 0.416 e. The fourth-order valence-electron chi connectivity index (χ4n) is 2.33. The van der Waals surface area contributed by atoms with Gasteiger partial charge in [0.2, 0.25) is 0 Å². The van der Waals surface area contributed by atoms with E-state index in [1.807, 2.05) is 0 Å². The number of alkyl halides is 3. The van der Waals surface area contributed by atoms with Gasteiger partial charge in [0, 0.05) is 13.1 Å². The van der Waals surface area contributed by atoms with Crippen molar-refractivity contribution >= 4 is 6.03 Å². The number of hydrogen-bond donors (Lipinski definition) is 2. The van der Waals surface area contributed by atoms with Crippen molar-refractivity contribution in [3.8, 4) is 0 Å². The van der Waals surface area contributed by atoms with Gasteiger partial charge in [0.05, 0.1) is 18.2 Å². The van der Waals surface area contributed by atoms with Crippen molar-refractivity contribution in [2.45, 2.75) is 18.6 Å². The van der Waals surface area contributed by atoms with Crippen LogP contribution in [0.4, 0.5) is 18.0 Å². The Kier molecular flexibility index (Phi) is 4.17. The fourth-order valence-corrected chi connectivity index (χ4v) is 2.33. The van der Waals surface area contributed by atoms with Gasteiger partial charge < -0.3 is 15.3 Å². The Morgan fingerprint density at radius 2 is 2.05 bits per heavy atom. The van der Waals surface area contributed by atoms with Crippen molar-refractivity contribution in [3.05, 3.63) is 35.4 Å². The number of hydrogen-bond acceptors (Lipinski definition) is 2. The van der Waals surface area contributed by atoms with E-state index in [1.165, 1.54) is 23.1 Å². The van der Waals surface area contributed by atoms with E-state index in [9.17, 15) is 18.0 Å². The molecule has 0 bridgehead atoms. The van der Waals surface area contributed by atoms with Gasteiger partial charge in [0.15, 0.2) is 0 Å². The fraction of sp³-hybridized carbons (Fsp3) is 0.462. The maximum Gasteiger partial charge on any atom is 0.416 e. The smallest absolute Gasteiger partial charge is 0.395 e. The Morgan fingerprint density at radius 1 is 1.35 bits per heavy atom. The number of β-amino-alcohol motifs (C(OH)–C–C–N with tert-alkyl or cyclic N) is 1. The minimum Gasteiger partial charge on any atom is -0.395 e. The maximum atomic E-state index is 12.9. The molecule has 0 saturated carbocycles. The molecular formula is C13H15F3N2O2. The van der Waals surface area contributed by atoms with Crippen LogP contribution in [0.5, 0.6) is 0 Å². The molecule has 1 fully saturated rings. The molecule has 1 unspecified atom stereocenters. The molecule has 4 nitrogen and oxygen atoms in total. The van der Waals surface area contributed by atoms with Crippen LogP contribution in [-0.4, -0.2) is 35.7 Å². The summed E-state index contributed by atoms with van der Waals surface area (Å²) in [5, 5.41) is 11.4. The number of amides is 2. The van der Waals surface area contributed by atoms with Crippen molar-refractivity contribution in [1.29, 1.82) is 0 Å². The van der Waals surface area contributed by atoms with Gasteiger partial charge in [-0.25, -0.2) is 4.79 Å². The number of carbonyl (C=O) groups is 1. The van der Waals surface area contributed by atoms with E-state index in [-0.39, 0.29) is 18.7 Å². The number of urea groups is 1. The average molecular weight is 288 g/mol. The molecular weight excluding hydrogens is 273 g/mol. The molecule has 2 rings (SSSR count). The second kappa shape index (κ2) is 5.70. The summed E-state index contributed by atoms with van der Waals surface area (Å²) in [7, 11) is 0. The minimum absolute atomic E-state index is 0.0806. The number of carbonyl (C=O) groups excluding carboxylic acids is 1. The van der Waals surface area contributed by atoms with Crippen molar-refractivity contribution in [2.75, 3.05) is 19.7 Å². The quantitative estimate of drug-likeness (QED) is 0.895. The van der Waals surface area contributed by atoms with Crippen molar-refractivity contribution in [3.63, 3.8) is 0 Å². The molecule has 1 heterocycles. The van der Waals surface area contributed by atoms with E-state index < -0.39 is 23.8 Å². The van der Waals surface area contributed by atoms with Gasteiger partial charge in [-0.3, -0.25) is 0 Å². The molecule has 20 heavy (non-hydrogen) atoms. The molecule has 1 atom stereocenters. The van der Waals surface area contributed by atoms with Crippen molar-refractivity contribution in [1.82, 2.24) is 10.2 Å². The third-order valence-corrected chi connectivity index (χ3v) is 3.28. The summed E-state index contributed by atoms with van der Waals surface area (Å²) in [5.41, 5.74) is -0.641. The van der Waals surface area contributed by atoms with Gasteiger partial charge in [0.1, 0.15) is 0 Å². The number of aliphatic hydroxyl groups is 1. The second-order valence-electron chi connectivity index (χ2n) is 4.59. The highest BCUT2D eigenvalue weighted by Gasteiger charge is 2.36. The van der Waals surface area contributed by atoms with Crippen LogP contribution in [-0.2, 0) is 6.18 Å². The van der Waals surface area contributed by atoms with Gasteiger partial charge in [0.25, 0.3) is 0 Å². The molecule has 110 valence electrons. The zero-order valence-corrected chi connectivity index (χ0v) is 10.7. The van der Waals surface area contributed by atoms with E-state index in [1.54, 1.807) is 0 Å². The van der Waals surface area contributed by atoms with Crippen molar-refractivity contribution in [2.24, 2.45) is 0 Å². The van der Waals surface area contributed by atoms with Crippen LogP contribution in [0.1, 0.15) is 23.6 Å². The molecule has 2 N–H and O–H groups in total. The molecule has 1 aliphatic heterocycles. The molecule has 1 aromatic rings. The van der Waals surface area contributed by atoms with Gasteiger partial charge in [-0.2, -0.15) is 13.2 Å². The number of nitrogens with zero attached hydrogens (tertiary/aromatic N) is 1. The zero-order chi connectivity index (χ0) is 14.8. The summed E-state index contributed by atoms with van der Waals surface area (Å²) in [4.78, 5) is 13.1. The van der Waals surface area contributed by atoms with Gasteiger partial charge in [-0.1, -0.05) is 18.2 Å². The predicted octanol–water partition coefficient (Wildman–Crippen LogP) is 2.15. The van der Waals surface area contributed by atoms with E-state index >= 15 is 0 Å². The standard InChI is InChI=1S/C13H15F3N2O2/c14-13(15,16)10-4-2-1-3-9(10)11-5-6-18(7-8-19)12(20)17-11/h1-4,11,19H,5-8H2,(H,17,20). The van der Waals surface area contributed by atoms with Crippen molar-refractivity contribution < 1.29 is 23.1 Å². The van der Waals surface area contributed by atoms with E-state index in [4.69, 9.17) is 5.11 Å². The number of benzene rings is 1. The summed E-state index contributed by atoms with van der Waals surface area (Å²) in [5.74, 6) is 0. The first-order chi connectivity index (χ1) is 9.43. The lowest BCUT2D eigenvalue weighted by atomic mass is 9.96. The number of rotatable bonds is 3. The molecule has 0 spiro atoms. The first kappa shape index (κ1) is 14.6. The van der Waals surface area contributed by atoms with Crippen LogP contribution < -0.4 is 5.32 Å². The minimum atomic E-state index is -4.44. The summed E-state index contributed by atoms with van der Waals surface area (Å²) in [6, 6.07) is 4.14. The van der Waals surface area contributed by atoms with Crippen LogP contribution in [0.2, 0.25) is 0 Å². The number of nitrogens with one attached hydrogen (secondary N) is 1. The monoisotopic (exact) mass is 288 g/mol. The third kappa shape index (κ3) is 3.04. The lowest BCUT2D eigenvalue weighted by molar-refractivity contribution is -0.138. The molecule has 0 radical (unpaired) electrons. The summed E-state index contributed by atoms with van der Waals surface area (Å²) in [6.45, 7) is 0.333. The van der Waals surface area contributed by atoms with E-state index in [0.29, 0.717) is 13.0 Å². The second-order valence-corrected chi connectivity index (χ2v) is 4.59. The molecule has 1 aromatic carbocycles. The lowest BCUT2D eigenvalue weighted by Gasteiger charge is -2.33. The summed E-state index contributed by atoms with van der Waals surface area (Å²) < 4.78 is 38.8. The first-order valence-corrected chi connectivity index (χ1v) is 6.26. The highest BCUT2D eigenvalue weighted by atomic mass is 19.4. The Hall–Kier alpha value is -1.76. The average Bonchev–Trinajstić information content (AvgIpc) is 2.40. The predicted molar refractivity (Wildman–Crippen MR) is 66.0 cm³/mol. The van der Waals surface area contributed by atoms with Crippen LogP contribution in [0.3, 0.4) is 0 Å².